The molecule has 0 spiro atoms. The van der Waals surface area contributed by atoms with Crippen molar-refractivity contribution in [1.29, 1.82) is 0 Å². The van der Waals surface area contributed by atoms with E-state index in [4.69, 9.17) is 0 Å². The van der Waals surface area contributed by atoms with Gasteiger partial charge >= 0.3 is 0 Å². The molecule has 2 aromatic heterocycles. The summed E-state index contributed by atoms with van der Waals surface area (Å²) < 4.78 is 26.7. The summed E-state index contributed by atoms with van der Waals surface area (Å²) in [6, 6.07) is 3.49. The van der Waals surface area contributed by atoms with Gasteiger partial charge in [0.1, 0.15) is 23.2 Å². The molecule has 9 heteroatoms. The summed E-state index contributed by atoms with van der Waals surface area (Å²) in [4.78, 5) is 23.9. The van der Waals surface area contributed by atoms with Crippen LogP contribution in [0.2, 0.25) is 0 Å². The Balaban J connectivity index is 1.54. The predicted octanol–water partition coefficient (Wildman–Crippen LogP) is 3.25. The summed E-state index contributed by atoms with van der Waals surface area (Å²) in [5.74, 6) is 2.92. The van der Waals surface area contributed by atoms with Crippen LogP contribution in [0.3, 0.4) is 0 Å². The van der Waals surface area contributed by atoms with E-state index in [1.165, 1.54) is 6.07 Å². The third-order valence-electron chi connectivity index (χ3n) is 5.59. The zero-order valence-corrected chi connectivity index (χ0v) is 17.1. The first-order valence-electron chi connectivity index (χ1n) is 10.1. The van der Waals surface area contributed by atoms with E-state index in [0.29, 0.717) is 24.1 Å². The first kappa shape index (κ1) is 19.7. The lowest BCUT2D eigenvalue weighted by molar-refractivity contribution is 0.145. The minimum atomic E-state index is -2.58. The Morgan fingerprint density at radius 3 is 2.59 bits per heavy atom. The van der Waals surface area contributed by atoms with Crippen molar-refractivity contribution >= 4 is 17.6 Å². The Bertz CT molecular complexity index is 836. The Morgan fingerprint density at radius 2 is 1.90 bits per heavy atom. The Morgan fingerprint density at radius 1 is 1.10 bits per heavy atom. The maximum Gasteiger partial charge on any atom is 0.280 e. The summed E-state index contributed by atoms with van der Waals surface area (Å²) in [7, 11) is 5.88. The molecule has 2 fully saturated rings. The van der Waals surface area contributed by atoms with Gasteiger partial charge in [-0.25, -0.2) is 23.7 Å². The normalized spacial score (nSPS) is 19.5. The third-order valence-corrected chi connectivity index (χ3v) is 5.59. The van der Waals surface area contributed by atoms with Crippen molar-refractivity contribution in [2.75, 3.05) is 48.9 Å². The van der Waals surface area contributed by atoms with Crippen LogP contribution in [0, 0.1) is 0 Å². The minimum Gasteiger partial charge on any atom is -0.363 e. The van der Waals surface area contributed by atoms with Crippen molar-refractivity contribution in [3.8, 4) is 0 Å². The van der Waals surface area contributed by atoms with Gasteiger partial charge in [0.05, 0.1) is 0 Å². The molecular formula is C20H27F2N7. The number of aromatic nitrogens is 4. The van der Waals surface area contributed by atoms with E-state index in [9.17, 15) is 8.78 Å². The summed E-state index contributed by atoms with van der Waals surface area (Å²) >= 11 is 0. The highest BCUT2D eigenvalue weighted by atomic mass is 19.3. The second kappa shape index (κ2) is 8.04. The highest BCUT2D eigenvalue weighted by molar-refractivity contribution is 5.45. The van der Waals surface area contributed by atoms with Gasteiger partial charge in [0, 0.05) is 58.5 Å². The molecule has 1 atom stereocenters. The van der Waals surface area contributed by atoms with Crippen LogP contribution in [0.15, 0.2) is 18.3 Å². The van der Waals surface area contributed by atoms with Crippen LogP contribution in [0.25, 0.3) is 0 Å². The first-order chi connectivity index (χ1) is 13.9. The number of anilines is 3. The van der Waals surface area contributed by atoms with Gasteiger partial charge in [-0.15, -0.1) is 0 Å². The quantitative estimate of drug-likeness (QED) is 0.734. The predicted molar refractivity (Wildman–Crippen MR) is 109 cm³/mol. The Labute approximate surface area is 169 Å². The van der Waals surface area contributed by atoms with Crippen molar-refractivity contribution in [3.63, 3.8) is 0 Å². The van der Waals surface area contributed by atoms with Crippen molar-refractivity contribution in [2.45, 2.75) is 44.1 Å². The summed E-state index contributed by atoms with van der Waals surface area (Å²) in [6.07, 6.45) is 3.09. The van der Waals surface area contributed by atoms with Crippen molar-refractivity contribution in [3.05, 3.63) is 29.8 Å². The van der Waals surface area contributed by atoms with Crippen LogP contribution in [0.4, 0.5) is 26.4 Å². The molecule has 0 radical (unpaired) electrons. The molecule has 3 heterocycles. The number of rotatable bonds is 6. The summed E-state index contributed by atoms with van der Waals surface area (Å²) in [6.45, 7) is 1.49. The van der Waals surface area contributed by atoms with E-state index in [0.717, 1.165) is 38.0 Å². The molecule has 2 aliphatic rings. The standard InChI is InChI=1S/C20H27F2N7/c1-27(2)16-8-9-23-20(26-16)28(3)14-5-4-10-29(12-14)17-11-15(18(21)22)24-19(25-17)13-6-7-13/h8-9,11,13-14,18H,4-7,10,12H2,1-3H3. The summed E-state index contributed by atoms with van der Waals surface area (Å²) in [5, 5.41) is 0. The number of piperidine rings is 1. The van der Waals surface area contributed by atoms with E-state index in [1.807, 2.05) is 32.1 Å². The average Bonchev–Trinajstić information content (AvgIpc) is 3.58. The maximum absolute atomic E-state index is 13.4. The van der Waals surface area contributed by atoms with E-state index in [2.05, 4.69) is 29.7 Å². The Hall–Kier alpha value is -2.58. The first-order valence-corrected chi connectivity index (χ1v) is 10.1. The average molecular weight is 403 g/mol. The van der Waals surface area contributed by atoms with Gasteiger partial charge in [0.15, 0.2) is 0 Å². The molecule has 2 aromatic rings. The molecule has 4 rings (SSSR count). The summed E-state index contributed by atoms with van der Waals surface area (Å²) in [5.41, 5.74) is -0.172. The molecule has 1 aliphatic carbocycles. The molecule has 0 N–H and O–H groups in total. The molecule has 1 saturated heterocycles. The molecule has 1 unspecified atom stereocenters. The van der Waals surface area contributed by atoms with Gasteiger partial charge in [-0.1, -0.05) is 0 Å². The second-order valence-electron chi connectivity index (χ2n) is 8.05. The van der Waals surface area contributed by atoms with Gasteiger partial charge in [0.2, 0.25) is 5.95 Å². The Kier molecular flexibility index (Phi) is 5.47. The topological polar surface area (TPSA) is 61.3 Å². The highest BCUT2D eigenvalue weighted by Crippen LogP contribution is 2.39. The second-order valence-corrected chi connectivity index (χ2v) is 8.05. The zero-order chi connectivity index (χ0) is 20.5. The van der Waals surface area contributed by atoms with Crippen molar-refractivity contribution < 1.29 is 8.78 Å². The van der Waals surface area contributed by atoms with Crippen molar-refractivity contribution in [2.24, 2.45) is 0 Å². The molecule has 7 nitrogen and oxygen atoms in total. The lowest BCUT2D eigenvalue weighted by Crippen LogP contribution is -2.47. The fourth-order valence-electron chi connectivity index (χ4n) is 3.67. The van der Waals surface area contributed by atoms with E-state index in [-0.39, 0.29) is 17.7 Å². The molecule has 29 heavy (non-hydrogen) atoms. The van der Waals surface area contributed by atoms with Crippen LogP contribution in [-0.4, -0.2) is 60.2 Å². The highest BCUT2D eigenvalue weighted by Gasteiger charge is 2.31. The SMILES string of the molecule is CN(C)c1ccnc(N(C)C2CCCN(c3cc(C(F)F)nc(C4CC4)n3)C2)n1. The van der Waals surface area contributed by atoms with E-state index in [1.54, 1.807) is 6.20 Å². The van der Waals surface area contributed by atoms with Crippen molar-refractivity contribution in [1.82, 2.24) is 19.9 Å². The van der Waals surface area contributed by atoms with Crippen LogP contribution >= 0.6 is 0 Å². The third kappa shape index (κ3) is 4.38. The molecule has 156 valence electrons. The van der Waals surface area contributed by atoms with Crippen LogP contribution in [-0.2, 0) is 0 Å². The number of alkyl halides is 2. The number of likely N-dealkylation sites (N-methyl/N-ethyl adjacent to an activating group) is 1. The molecule has 1 saturated carbocycles. The van der Waals surface area contributed by atoms with E-state index < -0.39 is 6.43 Å². The monoisotopic (exact) mass is 403 g/mol. The molecule has 1 aliphatic heterocycles. The lowest BCUT2D eigenvalue weighted by atomic mass is 10.0. The molecular weight excluding hydrogens is 376 g/mol. The lowest BCUT2D eigenvalue weighted by Gasteiger charge is -2.38. The number of hydrogen-bond acceptors (Lipinski definition) is 7. The van der Waals surface area contributed by atoms with Crippen LogP contribution in [0.1, 0.15) is 49.5 Å². The minimum absolute atomic E-state index is 0.172. The maximum atomic E-state index is 13.4. The van der Waals surface area contributed by atoms with Gasteiger partial charge in [-0.05, 0) is 31.7 Å². The number of hydrogen-bond donors (Lipinski definition) is 0. The van der Waals surface area contributed by atoms with Crippen LogP contribution in [0.5, 0.6) is 0 Å². The molecule has 0 bridgehead atoms. The fourth-order valence-corrected chi connectivity index (χ4v) is 3.67. The largest absolute Gasteiger partial charge is 0.363 e. The zero-order valence-electron chi connectivity index (χ0n) is 17.1. The number of nitrogens with zero attached hydrogens (tertiary/aromatic N) is 7. The smallest absolute Gasteiger partial charge is 0.280 e. The van der Waals surface area contributed by atoms with Crippen LogP contribution < -0.4 is 14.7 Å². The molecule has 0 amide bonds. The van der Waals surface area contributed by atoms with Gasteiger partial charge in [-0.3, -0.25) is 0 Å². The number of halogens is 2. The van der Waals surface area contributed by atoms with Gasteiger partial charge in [0.25, 0.3) is 6.43 Å². The van der Waals surface area contributed by atoms with E-state index >= 15 is 0 Å². The van der Waals surface area contributed by atoms with Gasteiger partial charge < -0.3 is 14.7 Å². The fraction of sp³-hybridized carbons (Fsp3) is 0.600. The molecule has 0 aromatic carbocycles. The van der Waals surface area contributed by atoms with Gasteiger partial charge in [-0.2, -0.15) is 4.98 Å².